The highest BCUT2D eigenvalue weighted by molar-refractivity contribution is 9.10. The van der Waals surface area contributed by atoms with Crippen molar-refractivity contribution in [3.05, 3.63) is 34.3 Å². The van der Waals surface area contributed by atoms with Crippen molar-refractivity contribution >= 4 is 15.9 Å². The number of hydrogen-bond donors (Lipinski definition) is 1. The van der Waals surface area contributed by atoms with Crippen LogP contribution in [0.4, 0.5) is 0 Å². The molecule has 106 valence electrons. The molecular weight excluding hydrogens is 306 g/mol. The smallest absolute Gasteiger partial charge is 0.0587 e. The summed E-state index contributed by atoms with van der Waals surface area (Å²) < 4.78 is 11.9. The van der Waals surface area contributed by atoms with Gasteiger partial charge < -0.3 is 14.8 Å². The molecule has 1 aliphatic heterocycles. The Bertz CT molecular complexity index is 391. The van der Waals surface area contributed by atoms with Crippen molar-refractivity contribution in [3.8, 4) is 0 Å². The number of rotatable bonds is 7. The minimum absolute atomic E-state index is 0.231. The van der Waals surface area contributed by atoms with Gasteiger partial charge >= 0.3 is 0 Å². The molecule has 1 saturated heterocycles. The van der Waals surface area contributed by atoms with E-state index in [1.165, 1.54) is 5.56 Å². The lowest BCUT2D eigenvalue weighted by Gasteiger charge is -2.28. The zero-order valence-electron chi connectivity index (χ0n) is 11.5. The summed E-state index contributed by atoms with van der Waals surface area (Å²) >= 11 is 3.54. The number of nitrogens with one attached hydrogen (secondary N) is 1. The van der Waals surface area contributed by atoms with E-state index >= 15 is 0 Å². The average molecular weight is 328 g/mol. The Morgan fingerprint density at radius 2 is 2.37 bits per heavy atom. The standard InChI is InChI=1S/C15H22BrNO2/c1-18-8-6-17-11-15(5-7-19-12-15)10-13-3-2-4-14(16)9-13/h2-4,9,17H,5-8,10-12H2,1H3. The quantitative estimate of drug-likeness (QED) is 0.781. The van der Waals surface area contributed by atoms with Gasteiger partial charge in [0.1, 0.15) is 0 Å². The van der Waals surface area contributed by atoms with Crippen molar-refractivity contribution in [3.63, 3.8) is 0 Å². The van der Waals surface area contributed by atoms with Crippen molar-refractivity contribution in [2.75, 3.05) is 40.0 Å². The van der Waals surface area contributed by atoms with E-state index in [0.717, 1.165) is 50.2 Å². The molecule has 1 N–H and O–H groups in total. The van der Waals surface area contributed by atoms with Gasteiger partial charge in [0.25, 0.3) is 0 Å². The minimum Gasteiger partial charge on any atom is -0.383 e. The second kappa shape index (κ2) is 7.39. The van der Waals surface area contributed by atoms with Crippen LogP contribution in [0.1, 0.15) is 12.0 Å². The highest BCUT2D eigenvalue weighted by Gasteiger charge is 2.34. The van der Waals surface area contributed by atoms with E-state index in [0.29, 0.717) is 0 Å². The first-order valence-corrected chi connectivity index (χ1v) is 7.55. The van der Waals surface area contributed by atoms with Gasteiger partial charge in [0.05, 0.1) is 13.2 Å². The third-order valence-corrected chi connectivity index (χ3v) is 4.13. The van der Waals surface area contributed by atoms with Crippen molar-refractivity contribution in [2.45, 2.75) is 12.8 Å². The summed E-state index contributed by atoms with van der Waals surface area (Å²) in [7, 11) is 1.73. The molecule has 19 heavy (non-hydrogen) atoms. The summed E-state index contributed by atoms with van der Waals surface area (Å²) in [5.74, 6) is 0. The van der Waals surface area contributed by atoms with Crippen LogP contribution in [0.2, 0.25) is 0 Å². The lowest BCUT2D eigenvalue weighted by atomic mass is 9.81. The van der Waals surface area contributed by atoms with Crippen LogP contribution < -0.4 is 5.32 Å². The Kier molecular flexibility index (Phi) is 5.82. The molecule has 1 aliphatic rings. The van der Waals surface area contributed by atoms with Crippen LogP contribution in [0, 0.1) is 5.41 Å². The van der Waals surface area contributed by atoms with Crippen LogP contribution in [0.15, 0.2) is 28.7 Å². The van der Waals surface area contributed by atoms with Crippen molar-refractivity contribution in [1.82, 2.24) is 5.32 Å². The fourth-order valence-corrected chi connectivity index (χ4v) is 3.05. The highest BCUT2D eigenvalue weighted by atomic mass is 79.9. The molecule has 0 spiro atoms. The Hall–Kier alpha value is -0.420. The lowest BCUT2D eigenvalue weighted by molar-refractivity contribution is 0.145. The number of hydrogen-bond acceptors (Lipinski definition) is 3. The molecule has 1 aromatic carbocycles. The molecule has 1 atom stereocenters. The Morgan fingerprint density at radius 3 is 3.05 bits per heavy atom. The monoisotopic (exact) mass is 327 g/mol. The summed E-state index contributed by atoms with van der Waals surface area (Å²) in [6.45, 7) is 4.37. The highest BCUT2D eigenvalue weighted by Crippen LogP contribution is 2.32. The maximum Gasteiger partial charge on any atom is 0.0587 e. The molecule has 1 fully saturated rings. The molecule has 0 saturated carbocycles. The normalized spacial score (nSPS) is 22.8. The van der Waals surface area contributed by atoms with Crippen LogP contribution in [0.3, 0.4) is 0 Å². The maximum absolute atomic E-state index is 5.64. The molecule has 0 bridgehead atoms. The SMILES string of the molecule is COCCNCC1(Cc2cccc(Br)c2)CCOC1. The molecule has 2 rings (SSSR count). The first-order chi connectivity index (χ1) is 9.24. The largest absolute Gasteiger partial charge is 0.383 e. The maximum atomic E-state index is 5.64. The van der Waals surface area contributed by atoms with Gasteiger partial charge in [-0.2, -0.15) is 0 Å². The van der Waals surface area contributed by atoms with Crippen LogP contribution in [-0.4, -0.2) is 40.0 Å². The Labute approximate surface area is 123 Å². The zero-order chi connectivity index (χ0) is 13.6. The minimum atomic E-state index is 0.231. The third-order valence-electron chi connectivity index (χ3n) is 3.64. The van der Waals surface area contributed by atoms with Crippen molar-refractivity contribution in [2.24, 2.45) is 5.41 Å². The predicted molar refractivity (Wildman–Crippen MR) is 80.5 cm³/mol. The Balaban J connectivity index is 1.95. The van der Waals surface area contributed by atoms with Crippen LogP contribution >= 0.6 is 15.9 Å². The predicted octanol–water partition coefficient (Wildman–Crippen LogP) is 2.63. The van der Waals surface area contributed by atoms with Crippen LogP contribution in [-0.2, 0) is 15.9 Å². The molecule has 0 aromatic heterocycles. The molecule has 0 radical (unpaired) electrons. The van der Waals surface area contributed by atoms with Gasteiger partial charge in [-0.15, -0.1) is 0 Å². The molecule has 0 aliphatic carbocycles. The number of methoxy groups -OCH3 is 1. The number of ether oxygens (including phenoxy) is 2. The number of benzene rings is 1. The summed E-state index contributed by atoms with van der Waals surface area (Å²) in [6, 6.07) is 8.56. The van der Waals surface area contributed by atoms with Gasteiger partial charge in [-0.1, -0.05) is 28.1 Å². The second-order valence-corrected chi connectivity index (χ2v) is 6.19. The lowest BCUT2D eigenvalue weighted by Crippen LogP contribution is -2.38. The van der Waals surface area contributed by atoms with E-state index in [4.69, 9.17) is 9.47 Å². The van der Waals surface area contributed by atoms with E-state index in [-0.39, 0.29) is 5.41 Å². The first kappa shape index (κ1) is 15.0. The van der Waals surface area contributed by atoms with Gasteiger partial charge in [-0.25, -0.2) is 0 Å². The van der Waals surface area contributed by atoms with Crippen molar-refractivity contribution in [1.29, 1.82) is 0 Å². The fraction of sp³-hybridized carbons (Fsp3) is 0.600. The zero-order valence-corrected chi connectivity index (χ0v) is 13.0. The van der Waals surface area contributed by atoms with Gasteiger partial charge in [0, 0.05) is 36.7 Å². The fourth-order valence-electron chi connectivity index (χ4n) is 2.60. The van der Waals surface area contributed by atoms with Gasteiger partial charge in [-0.05, 0) is 30.5 Å². The van der Waals surface area contributed by atoms with E-state index in [9.17, 15) is 0 Å². The van der Waals surface area contributed by atoms with Crippen LogP contribution in [0.25, 0.3) is 0 Å². The van der Waals surface area contributed by atoms with E-state index in [2.05, 4.69) is 45.5 Å². The van der Waals surface area contributed by atoms with Gasteiger partial charge in [0.15, 0.2) is 0 Å². The second-order valence-electron chi connectivity index (χ2n) is 5.28. The van der Waals surface area contributed by atoms with Crippen molar-refractivity contribution < 1.29 is 9.47 Å². The van der Waals surface area contributed by atoms with E-state index in [1.807, 2.05) is 0 Å². The van der Waals surface area contributed by atoms with Gasteiger partial charge in [-0.3, -0.25) is 0 Å². The molecular formula is C15H22BrNO2. The summed E-state index contributed by atoms with van der Waals surface area (Å²) in [6.07, 6.45) is 2.19. The first-order valence-electron chi connectivity index (χ1n) is 6.76. The Morgan fingerprint density at radius 1 is 1.47 bits per heavy atom. The molecule has 1 heterocycles. The molecule has 0 amide bonds. The molecule has 1 aromatic rings. The van der Waals surface area contributed by atoms with E-state index in [1.54, 1.807) is 7.11 Å². The third kappa shape index (κ3) is 4.56. The van der Waals surface area contributed by atoms with E-state index < -0.39 is 0 Å². The summed E-state index contributed by atoms with van der Waals surface area (Å²) in [4.78, 5) is 0. The molecule has 4 heteroatoms. The number of halogens is 1. The average Bonchev–Trinajstić information content (AvgIpc) is 2.84. The van der Waals surface area contributed by atoms with Crippen LogP contribution in [0.5, 0.6) is 0 Å². The topological polar surface area (TPSA) is 30.5 Å². The summed E-state index contributed by atoms with van der Waals surface area (Å²) in [5.41, 5.74) is 1.60. The van der Waals surface area contributed by atoms with Gasteiger partial charge in [0.2, 0.25) is 0 Å². The molecule has 1 unspecified atom stereocenters. The summed E-state index contributed by atoms with van der Waals surface area (Å²) in [5, 5.41) is 3.49. The molecule has 3 nitrogen and oxygen atoms in total.